The molecule has 3 rings (SSSR count). The smallest absolute Gasteiger partial charge is 0.262 e. The summed E-state index contributed by atoms with van der Waals surface area (Å²) in [4.78, 5) is 12.1. The summed E-state index contributed by atoms with van der Waals surface area (Å²) in [6, 6.07) is 11.1. The van der Waals surface area contributed by atoms with E-state index in [0.717, 1.165) is 18.1 Å². The second kappa shape index (κ2) is 6.93. The molecule has 0 radical (unpaired) electrons. The molecule has 0 aliphatic heterocycles. The molecule has 0 spiro atoms. The summed E-state index contributed by atoms with van der Waals surface area (Å²) in [5.41, 5.74) is 2.97. The molecule has 23 heavy (non-hydrogen) atoms. The van der Waals surface area contributed by atoms with E-state index in [2.05, 4.69) is 21.0 Å². The van der Waals surface area contributed by atoms with Crippen molar-refractivity contribution >= 4 is 46.0 Å². The number of hydrogen-bond acceptors (Lipinski definition) is 5. The molecule has 7 heteroatoms. The van der Waals surface area contributed by atoms with Crippen LogP contribution in [0.2, 0.25) is 5.02 Å². The third-order valence-electron chi connectivity index (χ3n) is 3.34. The fraction of sp³-hybridized carbons (Fsp3) is 0.188. The number of aromatic nitrogens is 2. The zero-order chi connectivity index (χ0) is 16.2. The van der Waals surface area contributed by atoms with Crippen LogP contribution in [0.3, 0.4) is 0 Å². The third kappa shape index (κ3) is 3.60. The van der Waals surface area contributed by atoms with Gasteiger partial charge in [-0.05, 0) is 36.2 Å². The number of anilines is 1. The molecule has 2 aromatic carbocycles. The SMILES string of the molecule is CCc1ccc(OCC(=O)Nc2c(Cl)ccc3nsnc23)cc1. The van der Waals surface area contributed by atoms with Crippen LogP contribution in [-0.2, 0) is 11.2 Å². The number of halogens is 1. The molecule has 0 atom stereocenters. The van der Waals surface area contributed by atoms with Crippen LogP contribution in [0.15, 0.2) is 36.4 Å². The van der Waals surface area contributed by atoms with E-state index >= 15 is 0 Å². The first-order valence-corrected chi connectivity index (χ1v) is 8.20. The highest BCUT2D eigenvalue weighted by atomic mass is 35.5. The van der Waals surface area contributed by atoms with E-state index in [-0.39, 0.29) is 12.5 Å². The molecule has 1 aromatic heterocycles. The monoisotopic (exact) mass is 347 g/mol. The first-order chi connectivity index (χ1) is 11.2. The van der Waals surface area contributed by atoms with Crippen molar-refractivity contribution in [3.63, 3.8) is 0 Å². The lowest BCUT2D eigenvalue weighted by atomic mass is 10.2. The van der Waals surface area contributed by atoms with Gasteiger partial charge in [-0.25, -0.2) is 0 Å². The minimum atomic E-state index is -0.299. The van der Waals surface area contributed by atoms with Crippen LogP contribution in [0.1, 0.15) is 12.5 Å². The number of nitrogens with zero attached hydrogens (tertiary/aromatic N) is 2. The van der Waals surface area contributed by atoms with Crippen LogP contribution in [0, 0.1) is 0 Å². The van der Waals surface area contributed by atoms with E-state index in [0.29, 0.717) is 27.5 Å². The summed E-state index contributed by atoms with van der Waals surface area (Å²) in [6.45, 7) is 1.98. The van der Waals surface area contributed by atoms with Crippen molar-refractivity contribution in [2.75, 3.05) is 11.9 Å². The van der Waals surface area contributed by atoms with Crippen molar-refractivity contribution in [1.82, 2.24) is 8.75 Å². The van der Waals surface area contributed by atoms with E-state index in [1.54, 1.807) is 12.1 Å². The van der Waals surface area contributed by atoms with Crippen LogP contribution < -0.4 is 10.1 Å². The Morgan fingerprint density at radius 1 is 1.22 bits per heavy atom. The number of nitrogens with one attached hydrogen (secondary N) is 1. The highest BCUT2D eigenvalue weighted by Gasteiger charge is 2.13. The van der Waals surface area contributed by atoms with Gasteiger partial charge in [0, 0.05) is 0 Å². The van der Waals surface area contributed by atoms with Gasteiger partial charge in [0.1, 0.15) is 16.8 Å². The Morgan fingerprint density at radius 2 is 2.00 bits per heavy atom. The quantitative estimate of drug-likeness (QED) is 0.759. The number of benzene rings is 2. The predicted molar refractivity (Wildman–Crippen MR) is 92.4 cm³/mol. The highest BCUT2D eigenvalue weighted by Crippen LogP contribution is 2.29. The van der Waals surface area contributed by atoms with Crippen molar-refractivity contribution in [3.8, 4) is 5.75 Å². The maximum absolute atomic E-state index is 12.1. The van der Waals surface area contributed by atoms with E-state index < -0.39 is 0 Å². The molecule has 0 unspecified atom stereocenters. The predicted octanol–water partition coefficient (Wildman–Crippen LogP) is 3.92. The van der Waals surface area contributed by atoms with Crippen molar-refractivity contribution < 1.29 is 9.53 Å². The number of carbonyl (C=O) groups excluding carboxylic acids is 1. The summed E-state index contributed by atoms with van der Waals surface area (Å²) in [6.07, 6.45) is 0.963. The second-order valence-corrected chi connectivity index (χ2v) is 5.82. The minimum absolute atomic E-state index is 0.101. The van der Waals surface area contributed by atoms with Crippen molar-refractivity contribution in [2.45, 2.75) is 13.3 Å². The Balaban J connectivity index is 1.66. The van der Waals surface area contributed by atoms with Crippen LogP contribution >= 0.6 is 23.3 Å². The Kier molecular flexibility index (Phi) is 4.73. The number of aryl methyl sites for hydroxylation is 1. The van der Waals surface area contributed by atoms with E-state index in [1.165, 1.54) is 5.56 Å². The lowest BCUT2D eigenvalue weighted by molar-refractivity contribution is -0.118. The number of amides is 1. The Bertz CT molecular complexity index is 833. The van der Waals surface area contributed by atoms with Gasteiger partial charge in [0.05, 0.1) is 22.4 Å². The molecular weight excluding hydrogens is 334 g/mol. The van der Waals surface area contributed by atoms with E-state index in [9.17, 15) is 4.79 Å². The number of rotatable bonds is 5. The summed E-state index contributed by atoms with van der Waals surface area (Å²) in [5, 5.41) is 3.16. The zero-order valence-corrected chi connectivity index (χ0v) is 13.9. The van der Waals surface area contributed by atoms with Crippen LogP contribution in [0.25, 0.3) is 11.0 Å². The van der Waals surface area contributed by atoms with Gasteiger partial charge in [-0.3, -0.25) is 4.79 Å². The van der Waals surface area contributed by atoms with Gasteiger partial charge >= 0.3 is 0 Å². The Hall–Kier alpha value is -2.18. The van der Waals surface area contributed by atoms with Gasteiger partial charge in [-0.1, -0.05) is 30.7 Å². The van der Waals surface area contributed by atoms with Gasteiger partial charge < -0.3 is 10.1 Å². The Morgan fingerprint density at radius 3 is 2.74 bits per heavy atom. The van der Waals surface area contributed by atoms with Gasteiger partial charge in [0.2, 0.25) is 0 Å². The zero-order valence-electron chi connectivity index (χ0n) is 12.4. The fourth-order valence-corrected chi connectivity index (χ4v) is 2.83. The topological polar surface area (TPSA) is 64.1 Å². The van der Waals surface area contributed by atoms with E-state index in [1.807, 2.05) is 24.3 Å². The molecule has 1 amide bonds. The fourth-order valence-electron chi connectivity index (χ4n) is 2.09. The average molecular weight is 348 g/mol. The number of fused-ring (bicyclic) bond motifs is 1. The standard InChI is InChI=1S/C16H14ClN3O2S/c1-2-10-3-5-11(6-4-10)22-9-14(21)18-15-12(17)7-8-13-16(15)20-23-19-13/h3-8H,2,9H2,1H3,(H,18,21). The molecule has 0 bridgehead atoms. The first kappa shape index (κ1) is 15.7. The van der Waals surface area contributed by atoms with Gasteiger partial charge in [-0.15, -0.1) is 0 Å². The van der Waals surface area contributed by atoms with Crippen LogP contribution in [-0.4, -0.2) is 21.3 Å². The largest absolute Gasteiger partial charge is 0.484 e. The molecular formula is C16H14ClN3O2S. The summed E-state index contributed by atoms with van der Waals surface area (Å²) in [7, 11) is 0. The molecule has 0 aliphatic carbocycles. The maximum atomic E-state index is 12.1. The van der Waals surface area contributed by atoms with Gasteiger partial charge in [0.15, 0.2) is 6.61 Å². The van der Waals surface area contributed by atoms with Gasteiger partial charge in [-0.2, -0.15) is 8.75 Å². The molecule has 0 aliphatic rings. The number of ether oxygens (including phenoxy) is 1. The molecule has 0 fully saturated rings. The molecule has 0 saturated carbocycles. The normalized spacial score (nSPS) is 10.7. The second-order valence-electron chi connectivity index (χ2n) is 4.89. The maximum Gasteiger partial charge on any atom is 0.262 e. The lowest BCUT2D eigenvalue weighted by Gasteiger charge is -2.09. The number of carbonyl (C=O) groups is 1. The highest BCUT2D eigenvalue weighted by molar-refractivity contribution is 7.00. The molecule has 1 heterocycles. The first-order valence-electron chi connectivity index (χ1n) is 7.09. The summed E-state index contributed by atoms with van der Waals surface area (Å²) in [5.74, 6) is 0.351. The molecule has 5 nitrogen and oxygen atoms in total. The molecule has 0 saturated heterocycles. The minimum Gasteiger partial charge on any atom is -0.484 e. The molecule has 1 N–H and O–H groups in total. The lowest BCUT2D eigenvalue weighted by Crippen LogP contribution is -2.20. The number of hydrogen-bond donors (Lipinski definition) is 1. The van der Waals surface area contributed by atoms with Crippen LogP contribution in [0.5, 0.6) is 5.75 Å². The molecule has 118 valence electrons. The van der Waals surface area contributed by atoms with Crippen molar-refractivity contribution in [3.05, 3.63) is 47.0 Å². The summed E-state index contributed by atoms with van der Waals surface area (Å²) < 4.78 is 13.8. The average Bonchev–Trinajstić information content (AvgIpc) is 3.05. The van der Waals surface area contributed by atoms with Crippen LogP contribution in [0.4, 0.5) is 5.69 Å². The molecule has 3 aromatic rings. The van der Waals surface area contributed by atoms with Crippen molar-refractivity contribution in [2.24, 2.45) is 0 Å². The Labute approximate surface area is 142 Å². The van der Waals surface area contributed by atoms with E-state index in [4.69, 9.17) is 16.3 Å². The van der Waals surface area contributed by atoms with Crippen molar-refractivity contribution in [1.29, 1.82) is 0 Å². The third-order valence-corrected chi connectivity index (χ3v) is 4.20. The summed E-state index contributed by atoms with van der Waals surface area (Å²) >= 11 is 7.21. The van der Waals surface area contributed by atoms with Gasteiger partial charge in [0.25, 0.3) is 5.91 Å².